The fraction of sp³-hybridized carbons (Fsp3) is 0.952. The number of amides is 1. The normalized spacial score (nSPS) is 20.0. The molecule has 0 aliphatic carbocycles. The Balaban J connectivity index is 2.52. The van der Waals surface area contributed by atoms with Crippen LogP contribution in [-0.2, 0) is 4.74 Å². The summed E-state index contributed by atoms with van der Waals surface area (Å²) in [6, 6.07) is 0.384. The minimum atomic E-state index is -0.403. The maximum absolute atomic E-state index is 12.6. The molecule has 0 bridgehead atoms. The van der Waals surface area contributed by atoms with Gasteiger partial charge in [0.25, 0.3) is 0 Å². The molecule has 1 rings (SSSR count). The predicted molar refractivity (Wildman–Crippen MR) is 102 cm³/mol. The number of piperidine rings is 1. The minimum Gasteiger partial charge on any atom is -0.444 e. The Labute approximate surface area is 150 Å². The first-order chi connectivity index (χ1) is 11.4. The summed E-state index contributed by atoms with van der Waals surface area (Å²) in [5.74, 6) is 0.629. The van der Waals surface area contributed by atoms with E-state index in [0.717, 1.165) is 19.4 Å². The largest absolute Gasteiger partial charge is 0.444 e. The first-order valence-corrected chi connectivity index (χ1v) is 10.4. The van der Waals surface area contributed by atoms with Gasteiger partial charge in [-0.05, 0) is 52.4 Å². The number of rotatable bonds is 9. The molecule has 2 atom stereocenters. The van der Waals surface area contributed by atoms with Crippen molar-refractivity contribution in [2.75, 3.05) is 6.54 Å². The summed E-state index contributed by atoms with van der Waals surface area (Å²) in [6.45, 7) is 11.3. The molecule has 1 amide bonds. The summed E-state index contributed by atoms with van der Waals surface area (Å²) in [6.07, 6.45) is 13.9. The van der Waals surface area contributed by atoms with E-state index in [1.807, 2.05) is 25.7 Å². The second-order valence-electron chi connectivity index (χ2n) is 8.46. The molecular weight excluding hydrogens is 298 g/mol. The Morgan fingerprint density at radius 3 is 2.38 bits per heavy atom. The van der Waals surface area contributed by atoms with Crippen LogP contribution in [0.3, 0.4) is 0 Å². The molecular formula is C21H41NO2. The molecule has 1 fully saturated rings. The van der Waals surface area contributed by atoms with Gasteiger partial charge in [-0.1, -0.05) is 58.8 Å². The average molecular weight is 340 g/mol. The smallest absolute Gasteiger partial charge is 0.410 e. The van der Waals surface area contributed by atoms with Gasteiger partial charge in [0.2, 0.25) is 0 Å². The second kappa shape index (κ2) is 11.0. The van der Waals surface area contributed by atoms with E-state index in [0.29, 0.717) is 12.0 Å². The molecule has 142 valence electrons. The highest BCUT2D eigenvalue weighted by Crippen LogP contribution is 2.30. The van der Waals surface area contributed by atoms with Crippen molar-refractivity contribution in [3.05, 3.63) is 0 Å². The number of hydrogen-bond acceptors (Lipinski definition) is 2. The first kappa shape index (κ1) is 21.3. The number of carbonyl (C=O) groups excluding carboxylic acids is 1. The van der Waals surface area contributed by atoms with Crippen LogP contribution in [0.15, 0.2) is 0 Å². The van der Waals surface area contributed by atoms with Crippen molar-refractivity contribution in [3.63, 3.8) is 0 Å². The maximum atomic E-state index is 12.6. The standard InChI is InChI=1S/C21H41NO2/c1-6-8-9-10-11-12-15-18(7-2)19-16-13-14-17-22(19)20(23)24-21(3,4)5/h18-19H,6-17H2,1-5H3. The van der Waals surface area contributed by atoms with Crippen LogP contribution in [0, 0.1) is 5.92 Å². The van der Waals surface area contributed by atoms with Gasteiger partial charge < -0.3 is 9.64 Å². The van der Waals surface area contributed by atoms with E-state index in [-0.39, 0.29) is 6.09 Å². The Hall–Kier alpha value is -0.730. The molecule has 0 N–H and O–H groups in total. The second-order valence-corrected chi connectivity index (χ2v) is 8.46. The minimum absolute atomic E-state index is 0.103. The third-order valence-corrected chi connectivity index (χ3v) is 5.17. The molecule has 3 nitrogen and oxygen atoms in total. The van der Waals surface area contributed by atoms with Crippen LogP contribution in [0.4, 0.5) is 4.79 Å². The quantitative estimate of drug-likeness (QED) is 0.446. The molecule has 0 spiro atoms. The number of carbonyl (C=O) groups is 1. The van der Waals surface area contributed by atoms with Gasteiger partial charge >= 0.3 is 6.09 Å². The molecule has 1 saturated heterocycles. The van der Waals surface area contributed by atoms with Crippen LogP contribution >= 0.6 is 0 Å². The highest BCUT2D eigenvalue weighted by atomic mass is 16.6. The Bertz CT molecular complexity index is 348. The zero-order valence-corrected chi connectivity index (χ0v) is 16.9. The Kier molecular flexibility index (Phi) is 9.76. The number of ether oxygens (including phenoxy) is 1. The van der Waals surface area contributed by atoms with E-state index in [9.17, 15) is 4.79 Å². The van der Waals surface area contributed by atoms with Crippen LogP contribution in [0.1, 0.15) is 105 Å². The van der Waals surface area contributed by atoms with E-state index in [1.54, 1.807) is 0 Å². The summed E-state index contributed by atoms with van der Waals surface area (Å²) < 4.78 is 5.66. The number of hydrogen-bond donors (Lipinski definition) is 0. The molecule has 0 aromatic carbocycles. The zero-order chi connectivity index (χ0) is 18.0. The molecule has 1 aliphatic heterocycles. The summed E-state index contributed by atoms with van der Waals surface area (Å²) in [5, 5.41) is 0. The van der Waals surface area contributed by atoms with Crippen molar-refractivity contribution in [1.29, 1.82) is 0 Å². The van der Waals surface area contributed by atoms with Crippen molar-refractivity contribution >= 4 is 6.09 Å². The summed E-state index contributed by atoms with van der Waals surface area (Å²) in [7, 11) is 0. The van der Waals surface area contributed by atoms with Crippen LogP contribution in [0.2, 0.25) is 0 Å². The molecule has 0 aromatic heterocycles. The molecule has 0 saturated carbocycles. The highest BCUT2D eigenvalue weighted by Gasteiger charge is 2.34. The van der Waals surface area contributed by atoms with Crippen LogP contribution in [0.5, 0.6) is 0 Å². The van der Waals surface area contributed by atoms with Crippen molar-refractivity contribution < 1.29 is 9.53 Å². The highest BCUT2D eigenvalue weighted by molar-refractivity contribution is 5.68. The van der Waals surface area contributed by atoms with Gasteiger partial charge in [0.15, 0.2) is 0 Å². The monoisotopic (exact) mass is 339 g/mol. The van der Waals surface area contributed by atoms with E-state index in [4.69, 9.17) is 4.74 Å². The van der Waals surface area contributed by atoms with Crippen molar-refractivity contribution in [3.8, 4) is 0 Å². The average Bonchev–Trinajstić information content (AvgIpc) is 2.53. The van der Waals surface area contributed by atoms with Crippen molar-refractivity contribution in [2.24, 2.45) is 5.92 Å². The van der Waals surface area contributed by atoms with Gasteiger partial charge in [0.05, 0.1) is 0 Å². The number of likely N-dealkylation sites (tertiary alicyclic amines) is 1. The number of unbranched alkanes of at least 4 members (excludes halogenated alkanes) is 5. The van der Waals surface area contributed by atoms with E-state index < -0.39 is 5.60 Å². The number of nitrogens with zero attached hydrogens (tertiary/aromatic N) is 1. The molecule has 0 radical (unpaired) electrons. The lowest BCUT2D eigenvalue weighted by Crippen LogP contribution is -2.49. The topological polar surface area (TPSA) is 29.5 Å². The van der Waals surface area contributed by atoms with E-state index >= 15 is 0 Å². The van der Waals surface area contributed by atoms with E-state index in [2.05, 4.69) is 13.8 Å². The molecule has 1 heterocycles. The van der Waals surface area contributed by atoms with Gasteiger partial charge in [-0.15, -0.1) is 0 Å². The van der Waals surface area contributed by atoms with Gasteiger partial charge in [-0.25, -0.2) is 4.79 Å². The fourth-order valence-electron chi connectivity index (χ4n) is 3.85. The molecule has 24 heavy (non-hydrogen) atoms. The van der Waals surface area contributed by atoms with Gasteiger partial charge in [-0.3, -0.25) is 0 Å². The Morgan fingerprint density at radius 2 is 1.75 bits per heavy atom. The summed E-state index contributed by atoms with van der Waals surface area (Å²) in [4.78, 5) is 14.6. The molecule has 3 heteroatoms. The van der Waals surface area contributed by atoms with Gasteiger partial charge in [0, 0.05) is 12.6 Å². The summed E-state index contributed by atoms with van der Waals surface area (Å²) >= 11 is 0. The lowest BCUT2D eigenvalue weighted by atomic mass is 9.85. The van der Waals surface area contributed by atoms with Crippen molar-refractivity contribution in [2.45, 2.75) is 117 Å². The van der Waals surface area contributed by atoms with E-state index in [1.165, 1.54) is 57.8 Å². The van der Waals surface area contributed by atoms with Crippen LogP contribution in [-0.4, -0.2) is 29.2 Å². The maximum Gasteiger partial charge on any atom is 0.410 e. The third kappa shape index (κ3) is 7.90. The lowest BCUT2D eigenvalue weighted by Gasteiger charge is -2.40. The third-order valence-electron chi connectivity index (χ3n) is 5.17. The zero-order valence-electron chi connectivity index (χ0n) is 16.9. The molecule has 0 aromatic rings. The molecule has 2 unspecified atom stereocenters. The van der Waals surface area contributed by atoms with Crippen LogP contribution < -0.4 is 0 Å². The molecule has 1 aliphatic rings. The fourth-order valence-corrected chi connectivity index (χ4v) is 3.85. The van der Waals surface area contributed by atoms with Crippen molar-refractivity contribution in [1.82, 2.24) is 4.90 Å². The van der Waals surface area contributed by atoms with Gasteiger partial charge in [-0.2, -0.15) is 0 Å². The first-order valence-electron chi connectivity index (χ1n) is 10.4. The Morgan fingerprint density at radius 1 is 1.08 bits per heavy atom. The SMILES string of the molecule is CCCCCCCCC(CC)C1CCCCN1C(=O)OC(C)(C)C. The summed E-state index contributed by atoms with van der Waals surface area (Å²) in [5.41, 5.74) is -0.403. The predicted octanol–water partition coefficient (Wildman–Crippen LogP) is 6.55. The lowest BCUT2D eigenvalue weighted by molar-refractivity contribution is 0.000214. The van der Waals surface area contributed by atoms with Gasteiger partial charge in [0.1, 0.15) is 5.60 Å². The van der Waals surface area contributed by atoms with Crippen LogP contribution in [0.25, 0.3) is 0 Å².